The maximum absolute atomic E-state index is 3.73. The van der Waals surface area contributed by atoms with E-state index in [1.165, 1.54) is 22.3 Å². The van der Waals surface area contributed by atoms with Crippen molar-refractivity contribution in [1.82, 2.24) is 0 Å². The first kappa shape index (κ1) is 15.7. The number of benzene rings is 1. The fourth-order valence-corrected chi connectivity index (χ4v) is 4.58. The molecule has 1 aromatic rings. The third-order valence-corrected chi connectivity index (χ3v) is 7.48. The van der Waals surface area contributed by atoms with Crippen molar-refractivity contribution in [2.24, 2.45) is 0 Å². The van der Waals surface area contributed by atoms with Crippen molar-refractivity contribution in [3.05, 3.63) is 60.5 Å². The molecule has 1 atom stereocenters. The highest BCUT2D eigenvalue weighted by molar-refractivity contribution is 9.15. The van der Waals surface area contributed by atoms with Crippen LogP contribution < -0.4 is 0 Å². The number of allylic oxidation sites excluding steroid dienone is 6. The van der Waals surface area contributed by atoms with Crippen LogP contribution in [0.5, 0.6) is 0 Å². The normalized spacial score (nSPS) is 19.6. The van der Waals surface area contributed by atoms with Crippen LogP contribution in [0.15, 0.2) is 54.9 Å². The van der Waals surface area contributed by atoms with Crippen LogP contribution in [0, 0.1) is 0 Å². The lowest BCUT2D eigenvalue weighted by atomic mass is 9.94. The van der Waals surface area contributed by atoms with Gasteiger partial charge in [0.2, 0.25) is 0 Å². The van der Waals surface area contributed by atoms with Crippen molar-refractivity contribution in [3.8, 4) is 0 Å². The van der Waals surface area contributed by atoms with Gasteiger partial charge in [-0.2, -0.15) is 0 Å². The van der Waals surface area contributed by atoms with Crippen LogP contribution in [0.4, 0.5) is 0 Å². The van der Waals surface area contributed by atoms with Gasteiger partial charge >= 0.3 is 0 Å². The minimum atomic E-state index is 0.207. The summed E-state index contributed by atoms with van der Waals surface area (Å²) in [5.74, 6) is 0. The molecule has 1 aliphatic rings. The number of rotatable bonds is 1. The molecule has 19 heavy (non-hydrogen) atoms. The Kier molecular flexibility index (Phi) is 5.32. The van der Waals surface area contributed by atoms with E-state index < -0.39 is 0 Å². The Bertz CT molecular complexity index is 604. The van der Waals surface area contributed by atoms with E-state index in [1.54, 1.807) is 0 Å². The van der Waals surface area contributed by atoms with Gasteiger partial charge in [-0.05, 0) is 58.6 Å². The molecular weight excluding hydrogens is 500 g/mol. The lowest BCUT2D eigenvalue weighted by molar-refractivity contribution is 1.20. The number of hydrogen-bond acceptors (Lipinski definition) is 0. The van der Waals surface area contributed by atoms with Crippen molar-refractivity contribution < 1.29 is 0 Å². The van der Waals surface area contributed by atoms with E-state index >= 15 is 0 Å². The monoisotopic (exact) mass is 508 g/mol. The fraction of sp³-hybridized carbons (Fsp3) is 0.200. The van der Waals surface area contributed by atoms with Gasteiger partial charge in [0.25, 0.3) is 0 Å². The topological polar surface area (TPSA) is 0 Å². The fourth-order valence-electron chi connectivity index (χ4n) is 1.94. The standard InChI is InChI=1S/C15H12Br4/c1-8(2)10-7-11(14(18)15(19)13(10)17)9-5-3-4-6-12(9)16/h3-7,13H,1-2H3. The Morgan fingerprint density at radius 2 is 1.68 bits per heavy atom. The number of halogens is 4. The molecule has 0 saturated carbocycles. The Hall–Kier alpha value is 0.360. The average Bonchev–Trinajstić information content (AvgIpc) is 2.37. The first-order chi connectivity index (χ1) is 8.93. The SMILES string of the molecule is CC(C)=C1C=C(c2ccccc2Br)C(Br)=C(Br)C1Br. The van der Waals surface area contributed by atoms with Gasteiger partial charge in [-0.15, -0.1) is 0 Å². The maximum Gasteiger partial charge on any atom is 0.0721 e. The van der Waals surface area contributed by atoms with Gasteiger partial charge in [-0.3, -0.25) is 0 Å². The molecule has 0 aromatic heterocycles. The van der Waals surface area contributed by atoms with E-state index in [-0.39, 0.29) is 4.83 Å². The van der Waals surface area contributed by atoms with E-state index in [2.05, 4.69) is 102 Å². The van der Waals surface area contributed by atoms with E-state index in [9.17, 15) is 0 Å². The van der Waals surface area contributed by atoms with Crippen LogP contribution in [0.3, 0.4) is 0 Å². The zero-order valence-electron chi connectivity index (χ0n) is 10.5. The van der Waals surface area contributed by atoms with Gasteiger partial charge in [0.1, 0.15) is 0 Å². The summed E-state index contributed by atoms with van der Waals surface area (Å²) in [4.78, 5) is 0.207. The summed E-state index contributed by atoms with van der Waals surface area (Å²) in [5, 5.41) is 0. The first-order valence-electron chi connectivity index (χ1n) is 5.77. The highest BCUT2D eigenvalue weighted by Gasteiger charge is 2.25. The van der Waals surface area contributed by atoms with Crippen molar-refractivity contribution in [1.29, 1.82) is 0 Å². The van der Waals surface area contributed by atoms with Crippen LogP contribution in [-0.4, -0.2) is 4.83 Å². The van der Waals surface area contributed by atoms with E-state index in [0.29, 0.717) is 0 Å². The smallest absolute Gasteiger partial charge is 0.0721 e. The van der Waals surface area contributed by atoms with Crippen molar-refractivity contribution in [3.63, 3.8) is 0 Å². The summed E-state index contributed by atoms with van der Waals surface area (Å²) >= 11 is 14.7. The molecule has 0 amide bonds. The van der Waals surface area contributed by atoms with E-state index in [1.807, 2.05) is 6.07 Å². The maximum atomic E-state index is 3.73. The molecule has 0 N–H and O–H groups in total. The largest absolute Gasteiger partial charge is 0.0780 e. The highest BCUT2D eigenvalue weighted by atomic mass is 79.9. The van der Waals surface area contributed by atoms with Gasteiger partial charge < -0.3 is 0 Å². The molecule has 0 nitrogen and oxygen atoms in total. The zero-order chi connectivity index (χ0) is 14.2. The second-order valence-corrected chi connectivity index (χ2v) is 7.94. The zero-order valence-corrected chi connectivity index (χ0v) is 16.8. The highest BCUT2D eigenvalue weighted by Crippen LogP contribution is 2.45. The summed E-state index contributed by atoms with van der Waals surface area (Å²) in [5.41, 5.74) is 4.97. The molecule has 0 radical (unpaired) electrons. The second kappa shape index (κ2) is 6.42. The third-order valence-electron chi connectivity index (χ3n) is 2.98. The van der Waals surface area contributed by atoms with E-state index in [0.717, 1.165) is 13.4 Å². The molecule has 1 aliphatic carbocycles. The van der Waals surface area contributed by atoms with Crippen LogP contribution in [0.1, 0.15) is 19.4 Å². The van der Waals surface area contributed by atoms with Crippen LogP contribution in [-0.2, 0) is 0 Å². The Balaban J connectivity index is 2.66. The summed E-state index contributed by atoms with van der Waals surface area (Å²) < 4.78 is 3.31. The number of hydrogen-bond donors (Lipinski definition) is 0. The molecular formula is C15H12Br4. The molecule has 0 heterocycles. The minimum Gasteiger partial charge on any atom is -0.0780 e. The van der Waals surface area contributed by atoms with Gasteiger partial charge in [-0.25, -0.2) is 0 Å². The predicted octanol–water partition coefficient (Wildman–Crippen LogP) is 6.95. The van der Waals surface area contributed by atoms with Gasteiger partial charge in [-0.1, -0.05) is 71.6 Å². The van der Waals surface area contributed by atoms with Crippen LogP contribution in [0.25, 0.3) is 5.57 Å². The molecule has 0 spiro atoms. The minimum absolute atomic E-state index is 0.207. The van der Waals surface area contributed by atoms with Gasteiger partial charge in [0.05, 0.1) is 4.83 Å². The van der Waals surface area contributed by atoms with Gasteiger partial charge in [0, 0.05) is 13.4 Å². The quantitative estimate of drug-likeness (QED) is 0.358. The molecule has 1 aromatic carbocycles. The van der Waals surface area contributed by atoms with Crippen molar-refractivity contribution in [2.75, 3.05) is 0 Å². The summed E-state index contributed by atoms with van der Waals surface area (Å²) in [6.45, 7) is 4.27. The van der Waals surface area contributed by atoms with Crippen LogP contribution in [0.2, 0.25) is 0 Å². The summed E-state index contributed by atoms with van der Waals surface area (Å²) in [6, 6.07) is 8.26. The predicted molar refractivity (Wildman–Crippen MR) is 98.1 cm³/mol. The second-order valence-electron chi connectivity index (χ2n) is 4.52. The molecule has 0 saturated heterocycles. The van der Waals surface area contributed by atoms with Gasteiger partial charge in [0.15, 0.2) is 0 Å². The molecule has 0 fully saturated rings. The molecule has 4 heteroatoms. The van der Waals surface area contributed by atoms with E-state index in [4.69, 9.17) is 0 Å². The summed E-state index contributed by atoms with van der Waals surface area (Å²) in [6.07, 6.45) is 2.24. The molecule has 100 valence electrons. The summed E-state index contributed by atoms with van der Waals surface area (Å²) in [7, 11) is 0. The molecule has 1 unspecified atom stereocenters. The first-order valence-corrected chi connectivity index (χ1v) is 9.06. The molecule has 2 rings (SSSR count). The third kappa shape index (κ3) is 3.17. The Labute approximate surface area is 147 Å². The van der Waals surface area contributed by atoms with Crippen LogP contribution >= 0.6 is 63.7 Å². The number of alkyl halides is 1. The lowest BCUT2D eigenvalue weighted by Gasteiger charge is -2.23. The lowest BCUT2D eigenvalue weighted by Crippen LogP contribution is -2.10. The average molecular weight is 512 g/mol. The molecule has 0 bridgehead atoms. The van der Waals surface area contributed by atoms with Crippen molar-refractivity contribution >= 4 is 69.3 Å². The van der Waals surface area contributed by atoms with Crippen molar-refractivity contribution in [2.45, 2.75) is 18.7 Å². The Morgan fingerprint density at radius 1 is 1.05 bits per heavy atom. The molecule has 0 aliphatic heterocycles. The Morgan fingerprint density at radius 3 is 2.26 bits per heavy atom.